The maximum atomic E-state index is 5.94. The first-order valence-corrected chi connectivity index (χ1v) is 5.72. The number of pyridine rings is 1. The minimum atomic E-state index is 0.796. The SMILES string of the molecule is Cc1cc(-c2nc3ccncc3[nH]2)c(N)s1. The van der Waals surface area contributed by atoms with Crippen LogP contribution in [0.5, 0.6) is 0 Å². The van der Waals surface area contributed by atoms with Crippen LogP contribution in [0.2, 0.25) is 0 Å². The van der Waals surface area contributed by atoms with Crippen LogP contribution < -0.4 is 5.73 Å². The molecule has 3 aromatic heterocycles. The molecule has 3 heterocycles. The van der Waals surface area contributed by atoms with Gasteiger partial charge in [0.2, 0.25) is 0 Å². The molecule has 0 saturated heterocycles. The first-order valence-electron chi connectivity index (χ1n) is 4.90. The summed E-state index contributed by atoms with van der Waals surface area (Å²) in [6.07, 6.45) is 3.50. The highest BCUT2D eigenvalue weighted by atomic mass is 32.1. The van der Waals surface area contributed by atoms with Crippen LogP contribution in [0.15, 0.2) is 24.5 Å². The molecule has 0 bridgehead atoms. The van der Waals surface area contributed by atoms with E-state index in [1.165, 1.54) is 4.88 Å². The fourth-order valence-electron chi connectivity index (χ4n) is 1.70. The minimum absolute atomic E-state index is 0.796. The number of anilines is 1. The van der Waals surface area contributed by atoms with E-state index in [1.54, 1.807) is 23.7 Å². The lowest BCUT2D eigenvalue weighted by molar-refractivity contribution is 1.33. The third kappa shape index (κ3) is 1.37. The Morgan fingerprint density at radius 3 is 3.00 bits per heavy atom. The standard InChI is InChI=1S/C11H10N4S/c1-6-4-7(10(12)16-6)11-14-8-2-3-13-5-9(8)15-11/h2-5H,12H2,1H3,(H,14,15). The number of hydrogen-bond acceptors (Lipinski definition) is 4. The molecule has 3 aromatic rings. The Labute approximate surface area is 96.2 Å². The van der Waals surface area contributed by atoms with Gasteiger partial charge < -0.3 is 10.7 Å². The quantitative estimate of drug-likeness (QED) is 0.675. The zero-order valence-electron chi connectivity index (χ0n) is 8.69. The van der Waals surface area contributed by atoms with Gasteiger partial charge in [0, 0.05) is 11.1 Å². The number of nitrogens with two attached hydrogens (primary N) is 1. The number of aromatic amines is 1. The highest BCUT2D eigenvalue weighted by Gasteiger charge is 2.10. The molecular weight excluding hydrogens is 220 g/mol. The summed E-state index contributed by atoms with van der Waals surface area (Å²) in [6, 6.07) is 3.93. The second-order valence-electron chi connectivity index (χ2n) is 3.61. The minimum Gasteiger partial charge on any atom is -0.390 e. The molecule has 0 spiro atoms. The van der Waals surface area contributed by atoms with Crippen molar-refractivity contribution in [1.29, 1.82) is 0 Å². The van der Waals surface area contributed by atoms with Gasteiger partial charge in [-0.3, -0.25) is 4.98 Å². The number of nitrogen functional groups attached to an aromatic ring is 1. The summed E-state index contributed by atoms with van der Waals surface area (Å²) in [5, 5.41) is 0.796. The van der Waals surface area contributed by atoms with Crippen LogP contribution in [0.3, 0.4) is 0 Å². The molecule has 0 aliphatic heterocycles. The molecule has 0 saturated carbocycles. The molecule has 0 aromatic carbocycles. The Morgan fingerprint density at radius 2 is 2.31 bits per heavy atom. The summed E-state index contributed by atoms with van der Waals surface area (Å²) >= 11 is 1.58. The number of nitrogens with zero attached hydrogens (tertiary/aromatic N) is 2. The van der Waals surface area contributed by atoms with Crippen LogP contribution in [0.1, 0.15) is 4.88 Å². The average molecular weight is 230 g/mol. The Hall–Kier alpha value is -1.88. The number of aryl methyl sites for hydroxylation is 1. The summed E-state index contributed by atoms with van der Waals surface area (Å²) in [4.78, 5) is 12.9. The number of fused-ring (bicyclic) bond motifs is 1. The van der Waals surface area contributed by atoms with E-state index >= 15 is 0 Å². The first-order chi connectivity index (χ1) is 7.74. The largest absolute Gasteiger partial charge is 0.390 e. The van der Waals surface area contributed by atoms with Gasteiger partial charge in [-0.2, -0.15) is 0 Å². The number of hydrogen-bond donors (Lipinski definition) is 2. The Bertz CT molecular complexity index is 620. The molecule has 0 atom stereocenters. The van der Waals surface area contributed by atoms with Crippen LogP contribution in [-0.4, -0.2) is 15.0 Å². The number of nitrogens with one attached hydrogen (secondary N) is 1. The molecule has 0 aliphatic carbocycles. The number of thiophene rings is 1. The molecule has 3 N–H and O–H groups in total. The van der Waals surface area contributed by atoms with Gasteiger partial charge in [-0.15, -0.1) is 11.3 Å². The van der Waals surface area contributed by atoms with Gasteiger partial charge in [0.05, 0.1) is 27.8 Å². The van der Waals surface area contributed by atoms with Gasteiger partial charge >= 0.3 is 0 Å². The molecule has 80 valence electrons. The topological polar surface area (TPSA) is 67.6 Å². The smallest absolute Gasteiger partial charge is 0.141 e. The molecule has 0 amide bonds. The molecule has 0 radical (unpaired) electrons. The number of aromatic nitrogens is 3. The molecule has 4 nitrogen and oxygen atoms in total. The van der Waals surface area contributed by atoms with E-state index < -0.39 is 0 Å². The zero-order chi connectivity index (χ0) is 11.1. The fourth-order valence-corrected chi connectivity index (χ4v) is 2.49. The molecule has 16 heavy (non-hydrogen) atoms. The van der Waals surface area contributed by atoms with Crippen LogP contribution >= 0.6 is 11.3 Å². The maximum Gasteiger partial charge on any atom is 0.141 e. The monoisotopic (exact) mass is 230 g/mol. The normalized spacial score (nSPS) is 11.1. The fraction of sp³-hybridized carbons (Fsp3) is 0.0909. The van der Waals surface area contributed by atoms with Gasteiger partial charge in [-0.1, -0.05) is 0 Å². The third-order valence-electron chi connectivity index (χ3n) is 2.42. The van der Waals surface area contributed by atoms with Crippen molar-refractivity contribution in [3.63, 3.8) is 0 Å². The van der Waals surface area contributed by atoms with E-state index in [1.807, 2.05) is 19.1 Å². The average Bonchev–Trinajstić information content (AvgIpc) is 2.81. The van der Waals surface area contributed by atoms with E-state index in [0.29, 0.717) is 0 Å². The van der Waals surface area contributed by atoms with Crippen LogP contribution in [-0.2, 0) is 0 Å². The van der Waals surface area contributed by atoms with Crippen LogP contribution in [0.25, 0.3) is 22.4 Å². The summed E-state index contributed by atoms with van der Waals surface area (Å²) in [5.41, 5.74) is 8.75. The number of H-pyrrole nitrogens is 1. The lowest BCUT2D eigenvalue weighted by atomic mass is 10.3. The van der Waals surface area contributed by atoms with Crippen molar-refractivity contribution < 1.29 is 0 Å². The molecule has 3 rings (SSSR count). The van der Waals surface area contributed by atoms with Gasteiger partial charge in [-0.25, -0.2) is 4.98 Å². The van der Waals surface area contributed by atoms with Crippen molar-refractivity contribution in [1.82, 2.24) is 15.0 Å². The Balaban J connectivity index is 2.22. The van der Waals surface area contributed by atoms with E-state index in [9.17, 15) is 0 Å². The van der Waals surface area contributed by atoms with Gasteiger partial charge in [0.25, 0.3) is 0 Å². The van der Waals surface area contributed by atoms with Crippen molar-refractivity contribution in [2.75, 3.05) is 5.73 Å². The first kappa shape index (κ1) is 9.35. The lowest BCUT2D eigenvalue weighted by Gasteiger charge is -1.91. The number of rotatable bonds is 1. The van der Waals surface area contributed by atoms with Crippen molar-refractivity contribution in [2.24, 2.45) is 0 Å². The van der Waals surface area contributed by atoms with E-state index in [4.69, 9.17) is 5.73 Å². The van der Waals surface area contributed by atoms with Crippen molar-refractivity contribution >= 4 is 27.4 Å². The molecular formula is C11H10N4S. The van der Waals surface area contributed by atoms with Crippen molar-refractivity contribution in [3.8, 4) is 11.4 Å². The Kier molecular flexibility index (Phi) is 1.94. The summed E-state index contributed by atoms with van der Waals surface area (Å²) in [7, 11) is 0. The lowest BCUT2D eigenvalue weighted by Crippen LogP contribution is -1.84. The summed E-state index contributed by atoms with van der Waals surface area (Å²) in [6.45, 7) is 2.04. The van der Waals surface area contributed by atoms with E-state index in [0.717, 1.165) is 27.4 Å². The predicted molar refractivity (Wildman–Crippen MR) is 66.4 cm³/mol. The highest BCUT2D eigenvalue weighted by molar-refractivity contribution is 7.16. The summed E-state index contributed by atoms with van der Waals surface area (Å²) < 4.78 is 0. The third-order valence-corrected chi connectivity index (χ3v) is 3.30. The summed E-state index contributed by atoms with van der Waals surface area (Å²) in [5.74, 6) is 0.810. The van der Waals surface area contributed by atoms with Gasteiger partial charge in [0.1, 0.15) is 5.82 Å². The van der Waals surface area contributed by atoms with Crippen molar-refractivity contribution in [2.45, 2.75) is 6.92 Å². The molecule has 0 aliphatic rings. The molecule has 5 heteroatoms. The van der Waals surface area contributed by atoms with E-state index in [2.05, 4.69) is 15.0 Å². The number of imidazole rings is 1. The molecule has 0 fully saturated rings. The highest BCUT2D eigenvalue weighted by Crippen LogP contribution is 2.32. The predicted octanol–water partition coefficient (Wildman–Crippen LogP) is 2.58. The van der Waals surface area contributed by atoms with Crippen molar-refractivity contribution in [3.05, 3.63) is 29.4 Å². The second-order valence-corrected chi connectivity index (χ2v) is 4.90. The Morgan fingerprint density at radius 1 is 1.44 bits per heavy atom. The second kappa shape index (κ2) is 3.31. The molecule has 0 unspecified atom stereocenters. The van der Waals surface area contributed by atoms with Gasteiger partial charge in [0.15, 0.2) is 0 Å². The van der Waals surface area contributed by atoms with E-state index in [-0.39, 0.29) is 0 Å². The van der Waals surface area contributed by atoms with Crippen LogP contribution in [0.4, 0.5) is 5.00 Å². The maximum absolute atomic E-state index is 5.94. The zero-order valence-corrected chi connectivity index (χ0v) is 9.51. The van der Waals surface area contributed by atoms with Gasteiger partial charge in [-0.05, 0) is 19.1 Å². The van der Waals surface area contributed by atoms with Crippen LogP contribution in [0, 0.1) is 6.92 Å².